The molecule has 0 aliphatic rings. The Bertz CT molecular complexity index is 435. The molecule has 0 spiro atoms. The summed E-state index contributed by atoms with van der Waals surface area (Å²) in [4.78, 5) is 10.8. The predicted molar refractivity (Wildman–Crippen MR) is 58.1 cm³/mol. The standard InChI is InChI=1S/C12H13F3O3/c1-7(11(2,18)10(16)17)8-3-5-9(6-4-8)12(13,14)15/h3-7,18H,1-2H3,(H,16,17). The number of hydrogen-bond donors (Lipinski definition) is 2. The summed E-state index contributed by atoms with van der Waals surface area (Å²) in [5.41, 5.74) is -2.51. The van der Waals surface area contributed by atoms with E-state index in [0.717, 1.165) is 19.1 Å². The molecule has 1 rings (SSSR count). The van der Waals surface area contributed by atoms with Crippen LogP contribution in [0.4, 0.5) is 13.2 Å². The lowest BCUT2D eigenvalue weighted by Gasteiger charge is -2.26. The van der Waals surface area contributed by atoms with Gasteiger partial charge in [0.2, 0.25) is 0 Å². The topological polar surface area (TPSA) is 57.5 Å². The zero-order valence-corrected chi connectivity index (χ0v) is 9.82. The van der Waals surface area contributed by atoms with E-state index in [1.807, 2.05) is 0 Å². The number of alkyl halides is 3. The van der Waals surface area contributed by atoms with Gasteiger partial charge in [0.1, 0.15) is 0 Å². The first kappa shape index (κ1) is 14.5. The zero-order valence-electron chi connectivity index (χ0n) is 9.82. The van der Waals surface area contributed by atoms with Gasteiger partial charge >= 0.3 is 12.1 Å². The van der Waals surface area contributed by atoms with Crippen molar-refractivity contribution in [3.63, 3.8) is 0 Å². The number of benzene rings is 1. The third-order valence-electron chi connectivity index (χ3n) is 3.01. The van der Waals surface area contributed by atoms with Crippen LogP contribution in [0.2, 0.25) is 0 Å². The molecule has 3 nitrogen and oxygen atoms in total. The molecule has 0 radical (unpaired) electrons. The fourth-order valence-corrected chi connectivity index (χ4v) is 1.47. The van der Waals surface area contributed by atoms with Gasteiger partial charge in [-0.1, -0.05) is 19.1 Å². The second kappa shape index (κ2) is 4.61. The van der Waals surface area contributed by atoms with Crippen LogP contribution in [-0.4, -0.2) is 21.8 Å². The molecule has 1 aromatic rings. The zero-order chi connectivity index (χ0) is 14.1. The summed E-state index contributed by atoms with van der Waals surface area (Å²) in [6.07, 6.45) is -4.43. The lowest BCUT2D eigenvalue weighted by atomic mass is 9.84. The number of aliphatic carboxylic acids is 1. The van der Waals surface area contributed by atoms with E-state index >= 15 is 0 Å². The number of hydrogen-bond acceptors (Lipinski definition) is 2. The molecule has 0 saturated heterocycles. The fraction of sp³-hybridized carbons (Fsp3) is 0.417. The van der Waals surface area contributed by atoms with E-state index in [0.29, 0.717) is 5.56 Å². The molecule has 2 atom stereocenters. The number of aliphatic hydroxyl groups is 1. The molecule has 0 saturated carbocycles. The van der Waals surface area contributed by atoms with E-state index in [1.54, 1.807) is 0 Å². The van der Waals surface area contributed by atoms with Gasteiger partial charge in [0.15, 0.2) is 5.60 Å². The van der Waals surface area contributed by atoms with Crippen molar-refractivity contribution in [3.05, 3.63) is 35.4 Å². The fourth-order valence-electron chi connectivity index (χ4n) is 1.47. The Labute approximate surface area is 102 Å². The van der Waals surface area contributed by atoms with Crippen LogP contribution < -0.4 is 0 Å². The summed E-state index contributed by atoms with van der Waals surface area (Å²) in [7, 11) is 0. The van der Waals surface area contributed by atoms with Gasteiger partial charge in [-0.15, -0.1) is 0 Å². The SMILES string of the molecule is CC(c1ccc(C(F)(F)F)cc1)C(C)(O)C(=O)O. The smallest absolute Gasteiger partial charge is 0.416 e. The molecule has 2 unspecified atom stereocenters. The van der Waals surface area contributed by atoms with Crippen LogP contribution in [-0.2, 0) is 11.0 Å². The predicted octanol–water partition coefficient (Wildman–Crippen LogP) is 2.64. The van der Waals surface area contributed by atoms with Crippen molar-refractivity contribution in [2.24, 2.45) is 0 Å². The first-order valence-corrected chi connectivity index (χ1v) is 5.19. The van der Waals surface area contributed by atoms with Crippen molar-refractivity contribution in [2.45, 2.75) is 31.5 Å². The minimum Gasteiger partial charge on any atom is -0.479 e. The minimum absolute atomic E-state index is 0.329. The molecule has 100 valence electrons. The van der Waals surface area contributed by atoms with Crippen LogP contribution in [0.5, 0.6) is 0 Å². The van der Waals surface area contributed by atoms with Crippen molar-refractivity contribution >= 4 is 5.97 Å². The van der Waals surface area contributed by atoms with E-state index in [2.05, 4.69) is 0 Å². The molecule has 0 amide bonds. The van der Waals surface area contributed by atoms with Gasteiger partial charge in [0.25, 0.3) is 0 Å². The highest BCUT2D eigenvalue weighted by Gasteiger charge is 2.38. The molecule has 6 heteroatoms. The van der Waals surface area contributed by atoms with Crippen molar-refractivity contribution in [2.75, 3.05) is 0 Å². The van der Waals surface area contributed by atoms with Gasteiger partial charge in [0.05, 0.1) is 5.56 Å². The highest BCUT2D eigenvalue weighted by atomic mass is 19.4. The first-order valence-electron chi connectivity index (χ1n) is 5.19. The van der Waals surface area contributed by atoms with Crippen molar-refractivity contribution in [1.29, 1.82) is 0 Å². The van der Waals surface area contributed by atoms with Crippen LogP contribution in [0.1, 0.15) is 30.9 Å². The Morgan fingerprint density at radius 1 is 1.22 bits per heavy atom. The van der Waals surface area contributed by atoms with Crippen LogP contribution in [0.25, 0.3) is 0 Å². The van der Waals surface area contributed by atoms with Gasteiger partial charge < -0.3 is 10.2 Å². The number of halogens is 3. The third-order valence-corrected chi connectivity index (χ3v) is 3.01. The molecule has 0 heterocycles. The van der Waals surface area contributed by atoms with Crippen LogP contribution in [0.3, 0.4) is 0 Å². The van der Waals surface area contributed by atoms with Crippen LogP contribution in [0.15, 0.2) is 24.3 Å². The summed E-state index contributed by atoms with van der Waals surface area (Å²) >= 11 is 0. The molecule has 0 aromatic heterocycles. The lowest BCUT2D eigenvalue weighted by Crippen LogP contribution is -2.40. The van der Waals surface area contributed by atoms with Crippen molar-refractivity contribution in [1.82, 2.24) is 0 Å². The quantitative estimate of drug-likeness (QED) is 0.880. The Morgan fingerprint density at radius 2 is 1.67 bits per heavy atom. The number of carbonyl (C=O) groups is 1. The van der Waals surface area contributed by atoms with E-state index in [9.17, 15) is 23.1 Å². The van der Waals surface area contributed by atoms with E-state index in [1.165, 1.54) is 19.1 Å². The normalized spacial score (nSPS) is 17.0. The van der Waals surface area contributed by atoms with E-state index < -0.39 is 29.2 Å². The maximum absolute atomic E-state index is 12.3. The van der Waals surface area contributed by atoms with Gasteiger partial charge in [-0.25, -0.2) is 4.79 Å². The highest BCUT2D eigenvalue weighted by Crippen LogP contribution is 2.32. The molecule has 2 N–H and O–H groups in total. The number of carboxylic acid groups (broad SMARTS) is 1. The van der Waals surface area contributed by atoms with E-state index in [-0.39, 0.29) is 0 Å². The molecule has 0 bridgehead atoms. The van der Waals surface area contributed by atoms with Crippen LogP contribution in [0, 0.1) is 0 Å². The summed E-state index contributed by atoms with van der Waals surface area (Å²) in [5, 5.41) is 18.5. The third kappa shape index (κ3) is 2.81. The summed E-state index contributed by atoms with van der Waals surface area (Å²) in [6.45, 7) is 2.55. The molecule has 0 fully saturated rings. The molecular weight excluding hydrogens is 249 g/mol. The molecule has 0 aliphatic carbocycles. The Balaban J connectivity index is 3.03. The van der Waals surface area contributed by atoms with Crippen molar-refractivity contribution < 1.29 is 28.2 Å². The van der Waals surface area contributed by atoms with E-state index in [4.69, 9.17) is 5.11 Å². The highest BCUT2D eigenvalue weighted by molar-refractivity contribution is 5.78. The molecule has 18 heavy (non-hydrogen) atoms. The second-order valence-corrected chi connectivity index (χ2v) is 4.29. The number of rotatable bonds is 3. The lowest BCUT2D eigenvalue weighted by molar-refractivity contribution is -0.158. The van der Waals surface area contributed by atoms with Gasteiger partial charge in [0, 0.05) is 5.92 Å². The van der Waals surface area contributed by atoms with Gasteiger partial charge in [-0.2, -0.15) is 13.2 Å². The maximum atomic E-state index is 12.3. The Hall–Kier alpha value is -1.56. The molecular formula is C12H13F3O3. The minimum atomic E-state index is -4.43. The second-order valence-electron chi connectivity index (χ2n) is 4.29. The summed E-state index contributed by atoms with van der Waals surface area (Å²) in [5.74, 6) is -2.24. The Kier molecular flexibility index (Phi) is 3.71. The monoisotopic (exact) mass is 262 g/mol. The largest absolute Gasteiger partial charge is 0.479 e. The Morgan fingerprint density at radius 3 is 2.00 bits per heavy atom. The average molecular weight is 262 g/mol. The summed E-state index contributed by atoms with van der Waals surface area (Å²) < 4.78 is 37.0. The number of carboxylic acids is 1. The van der Waals surface area contributed by atoms with Gasteiger partial charge in [-0.3, -0.25) is 0 Å². The molecule has 0 aliphatic heterocycles. The maximum Gasteiger partial charge on any atom is 0.416 e. The van der Waals surface area contributed by atoms with Crippen LogP contribution >= 0.6 is 0 Å². The summed E-state index contributed by atoms with van der Waals surface area (Å²) in [6, 6.07) is 4.07. The van der Waals surface area contributed by atoms with Gasteiger partial charge in [-0.05, 0) is 24.6 Å². The average Bonchev–Trinajstić information content (AvgIpc) is 2.26. The van der Waals surface area contributed by atoms with Crippen molar-refractivity contribution in [3.8, 4) is 0 Å². The molecule has 1 aromatic carbocycles. The first-order chi connectivity index (χ1) is 8.06.